The number of hydrogen-bond donors (Lipinski definition) is 1. The molecule has 2 aromatic heterocycles. The second-order valence-electron chi connectivity index (χ2n) is 7.97. The van der Waals surface area contributed by atoms with E-state index >= 15 is 0 Å². The van der Waals surface area contributed by atoms with Crippen LogP contribution in [0.25, 0.3) is 11.1 Å². The predicted octanol–water partition coefficient (Wildman–Crippen LogP) is 3.78. The lowest BCUT2D eigenvalue weighted by Gasteiger charge is -2.33. The van der Waals surface area contributed by atoms with Crippen molar-refractivity contribution < 1.29 is 18.3 Å². The van der Waals surface area contributed by atoms with Crippen molar-refractivity contribution in [3.8, 4) is 11.1 Å². The van der Waals surface area contributed by atoms with Gasteiger partial charge in [0.25, 0.3) is 0 Å². The van der Waals surface area contributed by atoms with Gasteiger partial charge in [-0.05, 0) is 36.9 Å². The highest BCUT2D eigenvalue weighted by Gasteiger charge is 2.35. The lowest BCUT2D eigenvalue weighted by Crippen LogP contribution is -2.43. The smallest absolute Gasteiger partial charge is 0.137 e. The Hall–Kier alpha value is -3.56. The molecule has 0 saturated carbocycles. The Morgan fingerprint density at radius 1 is 1.00 bits per heavy atom. The average molecular weight is 453 g/mol. The minimum absolute atomic E-state index is 0.0166. The molecule has 170 valence electrons. The van der Waals surface area contributed by atoms with Crippen molar-refractivity contribution in [1.29, 1.82) is 0 Å². The van der Waals surface area contributed by atoms with E-state index in [1.807, 2.05) is 12.1 Å². The van der Waals surface area contributed by atoms with Gasteiger partial charge in [0.1, 0.15) is 35.7 Å². The minimum atomic E-state index is -1.71. The molecule has 0 bridgehead atoms. The Balaban J connectivity index is 1.52. The molecule has 33 heavy (non-hydrogen) atoms. The molecule has 1 atom stereocenters. The van der Waals surface area contributed by atoms with Crippen LogP contribution in [0.15, 0.2) is 73.4 Å². The van der Waals surface area contributed by atoms with Gasteiger partial charge in [-0.3, -0.25) is 9.88 Å². The summed E-state index contributed by atoms with van der Waals surface area (Å²) in [5.74, 6) is -1.89. The van der Waals surface area contributed by atoms with Crippen LogP contribution in [-0.2, 0) is 18.7 Å². The fourth-order valence-corrected chi connectivity index (χ4v) is 3.81. The number of likely N-dealkylation sites (N-methyl/N-ethyl adjacent to an activating group) is 1. The SMILES string of the molecule is CN(Cc1ccc(-c2cccc(F)c2)cn1)CC(O)(Cn1cncn1)c1ccc(F)cc1F. The second-order valence-corrected chi connectivity index (χ2v) is 7.97. The normalized spacial score (nSPS) is 13.3. The van der Waals surface area contributed by atoms with Crippen LogP contribution in [0.4, 0.5) is 13.2 Å². The topological polar surface area (TPSA) is 67.1 Å². The number of benzene rings is 2. The van der Waals surface area contributed by atoms with E-state index < -0.39 is 17.2 Å². The summed E-state index contributed by atoms with van der Waals surface area (Å²) in [6.07, 6.45) is 4.38. The third-order valence-electron chi connectivity index (χ3n) is 5.27. The quantitative estimate of drug-likeness (QED) is 0.440. The zero-order valence-electron chi connectivity index (χ0n) is 17.9. The second kappa shape index (κ2) is 9.51. The van der Waals surface area contributed by atoms with Crippen molar-refractivity contribution in [3.05, 3.63) is 102 Å². The van der Waals surface area contributed by atoms with Crippen LogP contribution in [-0.4, -0.2) is 43.3 Å². The van der Waals surface area contributed by atoms with Crippen LogP contribution in [0.3, 0.4) is 0 Å². The number of halogens is 3. The van der Waals surface area contributed by atoms with Gasteiger partial charge in [-0.1, -0.05) is 24.3 Å². The van der Waals surface area contributed by atoms with Crippen molar-refractivity contribution >= 4 is 0 Å². The zero-order chi connectivity index (χ0) is 23.4. The van der Waals surface area contributed by atoms with E-state index in [1.54, 1.807) is 30.3 Å². The summed E-state index contributed by atoms with van der Waals surface area (Å²) < 4.78 is 42.9. The molecule has 2 aromatic carbocycles. The summed E-state index contributed by atoms with van der Waals surface area (Å²) in [5, 5.41) is 15.4. The fraction of sp³-hybridized carbons (Fsp3) is 0.208. The Labute approximate surface area is 189 Å². The number of aromatic nitrogens is 4. The summed E-state index contributed by atoms with van der Waals surface area (Å²) in [5.41, 5.74) is 0.455. The molecule has 0 aliphatic rings. The van der Waals surface area contributed by atoms with Gasteiger partial charge in [0, 0.05) is 36.5 Å². The van der Waals surface area contributed by atoms with Crippen molar-refractivity contribution in [3.63, 3.8) is 0 Å². The molecule has 1 unspecified atom stereocenters. The van der Waals surface area contributed by atoms with Crippen LogP contribution >= 0.6 is 0 Å². The lowest BCUT2D eigenvalue weighted by molar-refractivity contribution is -0.0177. The molecular weight excluding hydrogens is 431 g/mol. The lowest BCUT2D eigenvalue weighted by atomic mass is 9.92. The molecular formula is C24H22F3N5O. The molecule has 0 amide bonds. The van der Waals surface area contributed by atoms with Gasteiger partial charge in [-0.2, -0.15) is 5.10 Å². The van der Waals surface area contributed by atoms with Gasteiger partial charge in [0.05, 0.1) is 12.2 Å². The summed E-state index contributed by atoms with van der Waals surface area (Å²) in [6, 6.07) is 13.0. The van der Waals surface area contributed by atoms with E-state index in [-0.39, 0.29) is 24.5 Å². The minimum Gasteiger partial charge on any atom is -0.382 e. The van der Waals surface area contributed by atoms with E-state index in [9.17, 15) is 18.3 Å². The first kappa shape index (κ1) is 22.6. The number of nitrogens with zero attached hydrogens (tertiary/aromatic N) is 5. The number of rotatable bonds is 8. The van der Waals surface area contributed by atoms with Gasteiger partial charge < -0.3 is 5.11 Å². The van der Waals surface area contributed by atoms with Crippen molar-refractivity contribution in [2.24, 2.45) is 0 Å². The van der Waals surface area contributed by atoms with Gasteiger partial charge in [0.2, 0.25) is 0 Å². The first-order chi connectivity index (χ1) is 15.8. The molecule has 0 saturated heterocycles. The maximum Gasteiger partial charge on any atom is 0.137 e. The zero-order valence-corrected chi connectivity index (χ0v) is 17.9. The number of aliphatic hydroxyl groups is 1. The highest BCUT2D eigenvalue weighted by molar-refractivity contribution is 5.62. The Kier molecular flexibility index (Phi) is 6.52. The Bertz CT molecular complexity index is 1220. The van der Waals surface area contributed by atoms with Gasteiger partial charge in [-0.15, -0.1) is 0 Å². The molecule has 4 aromatic rings. The molecule has 0 aliphatic heterocycles. The molecule has 4 rings (SSSR count). The molecule has 1 N–H and O–H groups in total. The standard InChI is InChI=1S/C24H22F3N5O/c1-31(12-21-7-5-18(11-29-21)17-3-2-4-19(25)9-17)13-24(33,14-32-16-28-15-30-32)22-8-6-20(26)10-23(22)27/h2-11,15-16,33H,12-14H2,1H3. The van der Waals surface area contributed by atoms with E-state index in [0.717, 1.165) is 23.3 Å². The molecule has 0 aliphatic carbocycles. The first-order valence-corrected chi connectivity index (χ1v) is 10.2. The van der Waals surface area contributed by atoms with Gasteiger partial charge >= 0.3 is 0 Å². The maximum absolute atomic E-state index is 14.6. The van der Waals surface area contributed by atoms with Crippen molar-refractivity contribution in [2.75, 3.05) is 13.6 Å². The van der Waals surface area contributed by atoms with Crippen molar-refractivity contribution in [2.45, 2.75) is 18.7 Å². The molecule has 6 nitrogen and oxygen atoms in total. The van der Waals surface area contributed by atoms with Crippen LogP contribution in [0.1, 0.15) is 11.3 Å². The van der Waals surface area contributed by atoms with E-state index in [0.29, 0.717) is 12.2 Å². The Morgan fingerprint density at radius 2 is 1.82 bits per heavy atom. The maximum atomic E-state index is 14.6. The molecule has 0 fully saturated rings. The highest BCUT2D eigenvalue weighted by Crippen LogP contribution is 2.28. The molecule has 0 spiro atoms. The highest BCUT2D eigenvalue weighted by atomic mass is 19.1. The monoisotopic (exact) mass is 453 g/mol. The van der Waals surface area contributed by atoms with Gasteiger partial charge in [0.15, 0.2) is 0 Å². The number of hydrogen-bond acceptors (Lipinski definition) is 5. The summed E-state index contributed by atoms with van der Waals surface area (Å²) in [7, 11) is 1.76. The van der Waals surface area contributed by atoms with Crippen LogP contribution in [0, 0.1) is 17.5 Å². The summed E-state index contributed by atoms with van der Waals surface area (Å²) in [6.45, 7) is 0.292. The molecule has 9 heteroatoms. The summed E-state index contributed by atoms with van der Waals surface area (Å²) in [4.78, 5) is 10.1. The summed E-state index contributed by atoms with van der Waals surface area (Å²) >= 11 is 0. The average Bonchev–Trinajstić information content (AvgIpc) is 3.26. The van der Waals surface area contributed by atoms with Crippen molar-refractivity contribution in [1.82, 2.24) is 24.6 Å². The van der Waals surface area contributed by atoms with Gasteiger partial charge in [-0.25, -0.2) is 22.8 Å². The van der Waals surface area contributed by atoms with E-state index in [4.69, 9.17) is 0 Å². The molecule has 0 radical (unpaired) electrons. The first-order valence-electron chi connectivity index (χ1n) is 10.2. The van der Waals surface area contributed by atoms with Crippen LogP contribution in [0.2, 0.25) is 0 Å². The van der Waals surface area contributed by atoms with Crippen LogP contribution in [0.5, 0.6) is 0 Å². The van der Waals surface area contributed by atoms with E-state index in [2.05, 4.69) is 15.1 Å². The van der Waals surface area contributed by atoms with E-state index in [1.165, 1.54) is 35.5 Å². The van der Waals surface area contributed by atoms with Crippen LogP contribution < -0.4 is 0 Å². The Morgan fingerprint density at radius 3 is 2.48 bits per heavy atom. The largest absolute Gasteiger partial charge is 0.382 e. The number of pyridine rings is 1. The predicted molar refractivity (Wildman–Crippen MR) is 116 cm³/mol. The third kappa shape index (κ3) is 5.44. The molecule has 2 heterocycles. The third-order valence-corrected chi connectivity index (χ3v) is 5.27. The fourth-order valence-electron chi connectivity index (χ4n) is 3.81.